The quantitative estimate of drug-likeness (QED) is 0.713. The van der Waals surface area contributed by atoms with Crippen molar-refractivity contribution in [2.75, 3.05) is 23.0 Å². The van der Waals surface area contributed by atoms with E-state index in [1.54, 1.807) is 0 Å². The van der Waals surface area contributed by atoms with Crippen molar-refractivity contribution in [1.29, 1.82) is 0 Å². The molecule has 2 aliphatic rings. The van der Waals surface area contributed by atoms with Crippen LogP contribution in [0.25, 0.3) is 0 Å². The fourth-order valence-corrected chi connectivity index (χ4v) is 5.84. The second kappa shape index (κ2) is 4.80. The molecule has 8 heteroatoms. The van der Waals surface area contributed by atoms with Crippen LogP contribution in [0, 0.1) is 5.92 Å². The van der Waals surface area contributed by atoms with Crippen LogP contribution < -0.4 is 5.32 Å². The van der Waals surface area contributed by atoms with Gasteiger partial charge in [0.25, 0.3) is 0 Å². The number of rotatable bonds is 2. The monoisotopic (exact) mass is 295 g/mol. The number of sulfone groups is 2. The summed E-state index contributed by atoms with van der Waals surface area (Å²) in [7, 11) is -6.14. The van der Waals surface area contributed by atoms with Crippen molar-refractivity contribution < 1.29 is 21.6 Å². The van der Waals surface area contributed by atoms with Crippen LogP contribution >= 0.6 is 0 Å². The van der Waals surface area contributed by atoms with Crippen LogP contribution in [0.4, 0.5) is 0 Å². The minimum absolute atomic E-state index is 0.0296. The van der Waals surface area contributed by atoms with Gasteiger partial charge in [0.1, 0.15) is 0 Å². The van der Waals surface area contributed by atoms with Crippen molar-refractivity contribution >= 4 is 25.6 Å². The van der Waals surface area contributed by atoms with Gasteiger partial charge in [-0.05, 0) is 19.3 Å². The van der Waals surface area contributed by atoms with Gasteiger partial charge in [-0.2, -0.15) is 0 Å². The molecule has 2 fully saturated rings. The van der Waals surface area contributed by atoms with E-state index >= 15 is 0 Å². The summed E-state index contributed by atoms with van der Waals surface area (Å²) in [4.78, 5) is 11.9. The Labute approximate surface area is 107 Å². The maximum Gasteiger partial charge on any atom is 0.224 e. The standard InChI is InChI=1S/C10H17NO5S2/c12-10(8-2-1-4-17(13,14)6-8)11-9-3-5-18(15,16)7-9/h8-9H,1-7H2,(H,11,12). The molecule has 2 unspecified atom stereocenters. The van der Waals surface area contributed by atoms with Crippen LogP contribution in [0.1, 0.15) is 19.3 Å². The van der Waals surface area contributed by atoms with Crippen molar-refractivity contribution in [3.8, 4) is 0 Å². The average molecular weight is 295 g/mol. The summed E-state index contributed by atoms with van der Waals surface area (Å²) in [5, 5.41) is 2.66. The van der Waals surface area contributed by atoms with E-state index in [1.807, 2.05) is 0 Å². The minimum Gasteiger partial charge on any atom is -0.352 e. The number of hydrogen-bond donors (Lipinski definition) is 1. The molecule has 2 aliphatic heterocycles. The van der Waals surface area contributed by atoms with E-state index in [9.17, 15) is 21.6 Å². The van der Waals surface area contributed by atoms with Crippen molar-refractivity contribution in [3.63, 3.8) is 0 Å². The van der Waals surface area contributed by atoms with E-state index < -0.39 is 25.6 Å². The van der Waals surface area contributed by atoms with E-state index in [0.717, 1.165) is 0 Å². The fourth-order valence-electron chi connectivity index (χ4n) is 2.46. The van der Waals surface area contributed by atoms with Gasteiger partial charge >= 0.3 is 0 Å². The lowest BCUT2D eigenvalue weighted by atomic mass is 10.0. The lowest BCUT2D eigenvalue weighted by molar-refractivity contribution is -0.125. The molecule has 0 radical (unpaired) electrons. The second-order valence-corrected chi connectivity index (χ2v) is 9.52. The fraction of sp³-hybridized carbons (Fsp3) is 0.900. The molecule has 2 atom stereocenters. The van der Waals surface area contributed by atoms with Crippen molar-refractivity contribution in [3.05, 3.63) is 0 Å². The predicted molar refractivity (Wildman–Crippen MR) is 66.6 cm³/mol. The Morgan fingerprint density at radius 3 is 2.17 bits per heavy atom. The summed E-state index contributed by atoms with van der Waals surface area (Å²) < 4.78 is 45.4. The van der Waals surface area contributed by atoms with E-state index in [-0.39, 0.29) is 35.0 Å². The third-order valence-electron chi connectivity index (χ3n) is 3.41. The molecule has 2 saturated heterocycles. The summed E-state index contributed by atoms with van der Waals surface area (Å²) in [6.45, 7) is 0. The molecule has 0 saturated carbocycles. The van der Waals surface area contributed by atoms with Gasteiger partial charge in [0, 0.05) is 6.04 Å². The van der Waals surface area contributed by atoms with Crippen LogP contribution in [0.15, 0.2) is 0 Å². The molecule has 0 spiro atoms. The van der Waals surface area contributed by atoms with E-state index in [4.69, 9.17) is 0 Å². The molecule has 0 aromatic heterocycles. The summed E-state index contributed by atoms with van der Waals surface area (Å²) in [6.07, 6.45) is 1.49. The van der Waals surface area contributed by atoms with E-state index in [1.165, 1.54) is 0 Å². The van der Waals surface area contributed by atoms with Gasteiger partial charge in [-0.25, -0.2) is 16.8 Å². The molecule has 6 nitrogen and oxygen atoms in total. The molecular formula is C10H17NO5S2. The second-order valence-electron chi connectivity index (χ2n) is 5.06. The molecule has 0 aromatic rings. The van der Waals surface area contributed by atoms with Gasteiger partial charge < -0.3 is 5.32 Å². The molecule has 0 aliphatic carbocycles. The van der Waals surface area contributed by atoms with Gasteiger partial charge in [0.2, 0.25) is 5.91 Å². The lowest BCUT2D eigenvalue weighted by Gasteiger charge is -2.22. The Morgan fingerprint density at radius 1 is 0.944 bits per heavy atom. The SMILES string of the molecule is O=C(NC1CCS(=O)(=O)C1)C1CCCS(=O)(=O)C1. The maximum absolute atomic E-state index is 11.9. The van der Waals surface area contributed by atoms with Gasteiger partial charge in [0.05, 0.1) is 28.9 Å². The Balaban J connectivity index is 1.93. The zero-order chi connectivity index (χ0) is 13.4. The first kappa shape index (κ1) is 13.8. The van der Waals surface area contributed by atoms with E-state index in [0.29, 0.717) is 19.3 Å². The number of nitrogens with one attached hydrogen (secondary N) is 1. The molecule has 0 bridgehead atoms. The topological polar surface area (TPSA) is 97.4 Å². The third-order valence-corrected chi connectivity index (χ3v) is 7.00. The Kier molecular flexibility index (Phi) is 3.68. The summed E-state index contributed by atoms with van der Waals surface area (Å²) >= 11 is 0. The molecule has 0 aromatic carbocycles. The van der Waals surface area contributed by atoms with Crippen molar-refractivity contribution in [2.45, 2.75) is 25.3 Å². The van der Waals surface area contributed by atoms with Gasteiger partial charge in [-0.1, -0.05) is 0 Å². The molecule has 2 rings (SSSR count). The average Bonchev–Trinajstić information content (AvgIpc) is 2.56. The zero-order valence-corrected chi connectivity index (χ0v) is 11.6. The third kappa shape index (κ3) is 3.44. The van der Waals surface area contributed by atoms with Crippen LogP contribution in [0.5, 0.6) is 0 Å². The largest absolute Gasteiger partial charge is 0.352 e. The Morgan fingerprint density at radius 2 is 1.61 bits per heavy atom. The lowest BCUT2D eigenvalue weighted by Crippen LogP contribution is -2.43. The van der Waals surface area contributed by atoms with Crippen molar-refractivity contribution in [1.82, 2.24) is 5.32 Å². The van der Waals surface area contributed by atoms with Gasteiger partial charge in [0.15, 0.2) is 19.7 Å². The Hall–Kier alpha value is -0.630. The van der Waals surface area contributed by atoms with Gasteiger partial charge in [-0.15, -0.1) is 0 Å². The first-order valence-electron chi connectivity index (χ1n) is 5.99. The van der Waals surface area contributed by atoms with Crippen LogP contribution in [-0.2, 0) is 24.5 Å². The summed E-state index contributed by atoms with van der Waals surface area (Å²) in [5.74, 6) is -0.737. The normalized spacial score (nSPS) is 34.0. The highest BCUT2D eigenvalue weighted by Crippen LogP contribution is 2.19. The molecule has 1 N–H and O–H groups in total. The molecule has 104 valence electrons. The maximum atomic E-state index is 11.9. The number of carbonyl (C=O) groups excluding carboxylic acids is 1. The summed E-state index contributed by atoms with van der Waals surface area (Å²) in [6, 6.07) is -0.355. The number of amides is 1. The first-order chi connectivity index (χ1) is 8.27. The number of hydrogen-bond acceptors (Lipinski definition) is 5. The van der Waals surface area contributed by atoms with E-state index in [2.05, 4.69) is 5.32 Å². The Bertz CT molecular complexity index is 537. The smallest absolute Gasteiger partial charge is 0.224 e. The number of carbonyl (C=O) groups is 1. The van der Waals surface area contributed by atoms with Gasteiger partial charge in [-0.3, -0.25) is 4.79 Å². The highest BCUT2D eigenvalue weighted by atomic mass is 32.2. The zero-order valence-electron chi connectivity index (χ0n) is 9.96. The minimum atomic E-state index is -3.11. The van der Waals surface area contributed by atoms with Crippen LogP contribution in [0.3, 0.4) is 0 Å². The predicted octanol–water partition coefficient (Wildman–Crippen LogP) is -0.885. The summed E-state index contributed by atoms with van der Waals surface area (Å²) in [5.41, 5.74) is 0. The van der Waals surface area contributed by atoms with Crippen LogP contribution in [0.2, 0.25) is 0 Å². The molecular weight excluding hydrogens is 278 g/mol. The molecule has 1 amide bonds. The molecule has 18 heavy (non-hydrogen) atoms. The molecule has 2 heterocycles. The van der Waals surface area contributed by atoms with Crippen molar-refractivity contribution in [2.24, 2.45) is 5.92 Å². The highest BCUT2D eigenvalue weighted by Gasteiger charge is 2.34. The first-order valence-corrected chi connectivity index (χ1v) is 9.63. The van der Waals surface area contributed by atoms with Crippen LogP contribution in [-0.4, -0.2) is 51.8 Å². The highest BCUT2D eigenvalue weighted by molar-refractivity contribution is 7.91.